The number of rotatable bonds is 3. The van der Waals surface area contributed by atoms with Gasteiger partial charge >= 0.3 is 0 Å². The normalized spacial score (nSPS) is 20.4. The van der Waals surface area contributed by atoms with Crippen LogP contribution < -0.4 is 11.1 Å². The molecule has 3 N–H and O–H groups in total. The summed E-state index contributed by atoms with van der Waals surface area (Å²) in [6.07, 6.45) is 3.02. The first-order valence-corrected chi connectivity index (χ1v) is 7.27. The highest BCUT2D eigenvalue weighted by Gasteiger charge is 2.38. The number of nitrogens with one attached hydrogen (secondary N) is 1. The fourth-order valence-electron chi connectivity index (χ4n) is 2.91. The minimum absolute atomic E-state index is 0.510. The Kier molecular flexibility index (Phi) is 2.78. The van der Waals surface area contributed by atoms with Crippen molar-refractivity contribution in [2.75, 3.05) is 11.1 Å². The molecule has 2 atom stereocenters. The second-order valence-electron chi connectivity index (χ2n) is 5.64. The molecule has 0 saturated heterocycles. The number of aromatic nitrogens is 1. The Balaban J connectivity index is 1.59. The van der Waals surface area contributed by atoms with Gasteiger partial charge in [0.25, 0.3) is 0 Å². The van der Waals surface area contributed by atoms with Gasteiger partial charge in [0.2, 0.25) is 0 Å². The van der Waals surface area contributed by atoms with Crippen LogP contribution in [0.25, 0.3) is 10.9 Å². The van der Waals surface area contributed by atoms with Crippen LogP contribution in [0.1, 0.15) is 17.9 Å². The molecule has 3 aromatic rings. The number of anilines is 2. The van der Waals surface area contributed by atoms with Crippen molar-refractivity contribution < 1.29 is 0 Å². The summed E-state index contributed by atoms with van der Waals surface area (Å²) in [5, 5.41) is 4.78. The summed E-state index contributed by atoms with van der Waals surface area (Å²) in [5.41, 5.74) is 10.1. The number of nitrogens with zero attached hydrogens (tertiary/aromatic N) is 1. The topological polar surface area (TPSA) is 50.9 Å². The minimum Gasteiger partial charge on any atom is -0.399 e. The van der Waals surface area contributed by atoms with Gasteiger partial charge in [-0.3, -0.25) is 4.98 Å². The Morgan fingerprint density at radius 3 is 2.76 bits per heavy atom. The van der Waals surface area contributed by atoms with Crippen molar-refractivity contribution in [1.29, 1.82) is 0 Å². The van der Waals surface area contributed by atoms with Crippen molar-refractivity contribution in [2.24, 2.45) is 0 Å². The third-order valence-electron chi connectivity index (χ3n) is 4.13. The molecule has 0 radical (unpaired) electrons. The van der Waals surface area contributed by atoms with Crippen molar-refractivity contribution >= 4 is 22.3 Å². The van der Waals surface area contributed by atoms with E-state index in [1.54, 1.807) is 0 Å². The first-order valence-electron chi connectivity index (χ1n) is 7.27. The zero-order chi connectivity index (χ0) is 14.2. The van der Waals surface area contributed by atoms with Gasteiger partial charge in [-0.2, -0.15) is 0 Å². The van der Waals surface area contributed by atoms with Crippen LogP contribution in [0.5, 0.6) is 0 Å². The van der Waals surface area contributed by atoms with Crippen molar-refractivity contribution in [3.8, 4) is 0 Å². The Morgan fingerprint density at radius 2 is 1.90 bits per heavy atom. The van der Waals surface area contributed by atoms with Crippen LogP contribution in [0, 0.1) is 0 Å². The Morgan fingerprint density at radius 1 is 1.05 bits per heavy atom. The molecule has 3 nitrogen and oxygen atoms in total. The van der Waals surface area contributed by atoms with E-state index in [1.807, 2.05) is 30.5 Å². The van der Waals surface area contributed by atoms with Gasteiger partial charge in [-0.1, -0.05) is 30.3 Å². The molecule has 1 aliphatic carbocycles. The number of nitrogen functional groups attached to an aromatic ring is 1. The quantitative estimate of drug-likeness (QED) is 0.715. The van der Waals surface area contributed by atoms with Gasteiger partial charge in [-0.05, 0) is 36.2 Å². The first kappa shape index (κ1) is 12.2. The molecule has 1 aromatic heterocycles. The largest absolute Gasteiger partial charge is 0.399 e. The van der Waals surface area contributed by atoms with E-state index in [4.69, 9.17) is 5.73 Å². The average molecular weight is 275 g/mol. The van der Waals surface area contributed by atoms with Crippen LogP contribution in [-0.4, -0.2) is 11.0 Å². The molecule has 1 aliphatic rings. The van der Waals surface area contributed by atoms with Crippen molar-refractivity contribution in [3.63, 3.8) is 0 Å². The average Bonchev–Trinajstić information content (AvgIpc) is 3.27. The fourth-order valence-corrected chi connectivity index (χ4v) is 2.91. The van der Waals surface area contributed by atoms with Gasteiger partial charge in [0, 0.05) is 34.9 Å². The highest BCUT2D eigenvalue weighted by Crippen LogP contribution is 2.43. The van der Waals surface area contributed by atoms with Gasteiger partial charge in [0.1, 0.15) is 0 Å². The van der Waals surface area contributed by atoms with Crippen LogP contribution in [0.4, 0.5) is 11.4 Å². The minimum atomic E-state index is 0.510. The van der Waals surface area contributed by atoms with Crippen LogP contribution >= 0.6 is 0 Å². The molecular formula is C18H17N3. The Bertz CT molecular complexity index is 783. The summed E-state index contributed by atoms with van der Waals surface area (Å²) in [7, 11) is 0. The molecule has 0 aliphatic heterocycles. The summed E-state index contributed by atoms with van der Waals surface area (Å²) < 4.78 is 0. The monoisotopic (exact) mass is 275 g/mol. The zero-order valence-electron chi connectivity index (χ0n) is 11.7. The number of benzene rings is 2. The van der Waals surface area contributed by atoms with Crippen LogP contribution in [0.3, 0.4) is 0 Å². The molecule has 4 rings (SSSR count). The van der Waals surface area contributed by atoms with E-state index in [0.29, 0.717) is 12.0 Å². The second-order valence-corrected chi connectivity index (χ2v) is 5.64. The summed E-state index contributed by atoms with van der Waals surface area (Å²) in [6.45, 7) is 0. The predicted molar refractivity (Wildman–Crippen MR) is 87.4 cm³/mol. The Hall–Kier alpha value is -2.55. The fraction of sp³-hybridized carbons (Fsp3) is 0.167. The van der Waals surface area contributed by atoms with Gasteiger partial charge < -0.3 is 11.1 Å². The highest BCUT2D eigenvalue weighted by atomic mass is 15.0. The lowest BCUT2D eigenvalue weighted by molar-refractivity contribution is 1.05. The smallest absolute Gasteiger partial charge is 0.0743 e. The van der Waals surface area contributed by atoms with Gasteiger partial charge in [-0.15, -0.1) is 0 Å². The molecule has 1 saturated carbocycles. The van der Waals surface area contributed by atoms with E-state index in [0.717, 1.165) is 22.3 Å². The van der Waals surface area contributed by atoms with E-state index in [9.17, 15) is 0 Å². The van der Waals surface area contributed by atoms with Crippen molar-refractivity contribution in [3.05, 3.63) is 66.4 Å². The maximum absolute atomic E-state index is 5.83. The lowest BCUT2D eigenvalue weighted by Gasteiger charge is -2.09. The second kappa shape index (κ2) is 4.77. The molecule has 1 fully saturated rings. The molecule has 2 unspecified atom stereocenters. The lowest BCUT2D eigenvalue weighted by Crippen LogP contribution is -2.05. The molecule has 2 aromatic carbocycles. The van der Waals surface area contributed by atoms with Crippen molar-refractivity contribution in [1.82, 2.24) is 4.98 Å². The molecule has 3 heteroatoms. The van der Waals surface area contributed by atoms with Crippen molar-refractivity contribution in [2.45, 2.75) is 18.4 Å². The molecule has 0 spiro atoms. The van der Waals surface area contributed by atoms with E-state index in [1.165, 1.54) is 12.0 Å². The first-order chi connectivity index (χ1) is 10.3. The lowest BCUT2D eigenvalue weighted by atomic mass is 10.1. The third kappa shape index (κ3) is 2.31. The number of nitrogens with two attached hydrogens (primary N) is 1. The number of fused-ring (bicyclic) bond motifs is 1. The summed E-state index contributed by atoms with van der Waals surface area (Å²) in [4.78, 5) is 4.39. The molecule has 1 heterocycles. The number of hydrogen-bond donors (Lipinski definition) is 2. The standard InChI is InChI=1S/C18H17N3/c19-13-6-7-14-16(8-9-20-17(14)10-13)21-18-11-15(18)12-4-2-1-3-5-12/h1-10,15,18H,11,19H2,(H,20,21). The van der Waals surface area contributed by atoms with Gasteiger partial charge in [0.15, 0.2) is 0 Å². The van der Waals surface area contributed by atoms with E-state index in [2.05, 4.69) is 40.6 Å². The zero-order valence-corrected chi connectivity index (χ0v) is 11.7. The molecule has 21 heavy (non-hydrogen) atoms. The maximum Gasteiger partial charge on any atom is 0.0743 e. The number of hydrogen-bond acceptors (Lipinski definition) is 3. The van der Waals surface area contributed by atoms with Crippen LogP contribution in [-0.2, 0) is 0 Å². The number of pyridine rings is 1. The maximum atomic E-state index is 5.83. The molecule has 0 amide bonds. The molecular weight excluding hydrogens is 258 g/mol. The molecule has 0 bridgehead atoms. The highest BCUT2D eigenvalue weighted by molar-refractivity contribution is 5.92. The molecule has 104 valence electrons. The van der Waals surface area contributed by atoms with E-state index in [-0.39, 0.29) is 0 Å². The van der Waals surface area contributed by atoms with Gasteiger partial charge in [0.05, 0.1) is 5.52 Å². The predicted octanol–water partition coefficient (Wildman–Crippen LogP) is 3.79. The van der Waals surface area contributed by atoms with Crippen LogP contribution in [0.15, 0.2) is 60.8 Å². The van der Waals surface area contributed by atoms with Crippen LogP contribution in [0.2, 0.25) is 0 Å². The van der Waals surface area contributed by atoms with E-state index >= 15 is 0 Å². The van der Waals surface area contributed by atoms with Gasteiger partial charge in [-0.25, -0.2) is 0 Å². The third-order valence-corrected chi connectivity index (χ3v) is 4.13. The summed E-state index contributed by atoms with van der Waals surface area (Å²) in [6, 6.07) is 19.1. The summed E-state index contributed by atoms with van der Waals surface area (Å²) in [5.74, 6) is 0.614. The SMILES string of the molecule is Nc1ccc2c(NC3CC3c3ccccc3)ccnc2c1. The Labute approximate surface area is 123 Å². The summed E-state index contributed by atoms with van der Waals surface area (Å²) >= 11 is 0. The van der Waals surface area contributed by atoms with E-state index < -0.39 is 0 Å².